The van der Waals surface area contributed by atoms with E-state index in [2.05, 4.69) is 30.5 Å². The molecule has 0 bridgehead atoms. The Labute approximate surface area is 190 Å². The van der Waals surface area contributed by atoms with Crippen molar-refractivity contribution < 1.29 is 4.79 Å². The number of nitrogens with zero attached hydrogens (tertiary/aromatic N) is 4. The highest BCUT2D eigenvalue weighted by atomic mass is 32.2. The molecule has 2 N–H and O–H groups in total. The molecule has 32 heavy (non-hydrogen) atoms. The van der Waals surface area contributed by atoms with Crippen LogP contribution in [0.3, 0.4) is 0 Å². The first kappa shape index (κ1) is 20.3. The van der Waals surface area contributed by atoms with Gasteiger partial charge in [-0.15, -0.1) is 0 Å². The van der Waals surface area contributed by atoms with Gasteiger partial charge in [0.05, 0.1) is 18.7 Å². The highest BCUT2D eigenvalue weighted by Crippen LogP contribution is 2.31. The summed E-state index contributed by atoms with van der Waals surface area (Å²) in [4.78, 5) is 28.2. The van der Waals surface area contributed by atoms with Gasteiger partial charge in [-0.05, 0) is 30.5 Å². The van der Waals surface area contributed by atoms with E-state index < -0.39 is 0 Å². The topological polar surface area (TPSA) is 82.5 Å². The quantitative estimate of drug-likeness (QED) is 0.572. The van der Waals surface area contributed by atoms with Gasteiger partial charge in [-0.2, -0.15) is 0 Å². The predicted molar refractivity (Wildman–Crippen MR) is 130 cm³/mol. The number of hydrogen-bond acceptors (Lipinski definition) is 7. The third-order valence-corrected chi connectivity index (χ3v) is 6.07. The van der Waals surface area contributed by atoms with Gasteiger partial charge in [-0.1, -0.05) is 48.2 Å². The van der Waals surface area contributed by atoms with Crippen molar-refractivity contribution in [3.63, 3.8) is 0 Å². The van der Waals surface area contributed by atoms with Crippen LogP contribution >= 0.6 is 11.8 Å². The van der Waals surface area contributed by atoms with Crippen LogP contribution < -0.4 is 10.6 Å². The number of benzene rings is 2. The van der Waals surface area contributed by atoms with Gasteiger partial charge in [0.25, 0.3) is 0 Å². The molecule has 5 rings (SSSR count). The SMILES string of the molecule is Cc1nc(Nc2cccc(NC(=O)CC3=CSC4=NCCN34)c2)cc(-c2ccccc2)n1. The zero-order valence-electron chi connectivity index (χ0n) is 17.6. The number of rotatable bonds is 6. The van der Waals surface area contributed by atoms with Crippen LogP contribution in [0.4, 0.5) is 17.2 Å². The molecule has 0 saturated carbocycles. The summed E-state index contributed by atoms with van der Waals surface area (Å²) in [5.74, 6) is 1.34. The Balaban J connectivity index is 1.27. The number of aromatic nitrogens is 2. The highest BCUT2D eigenvalue weighted by Gasteiger charge is 2.27. The summed E-state index contributed by atoms with van der Waals surface area (Å²) in [6.07, 6.45) is 0.329. The van der Waals surface area contributed by atoms with Crippen molar-refractivity contribution >= 4 is 40.0 Å². The second-order valence-electron chi connectivity index (χ2n) is 7.53. The number of amidine groups is 1. The first-order chi connectivity index (χ1) is 15.6. The van der Waals surface area contributed by atoms with E-state index in [1.54, 1.807) is 11.8 Å². The Morgan fingerprint density at radius 1 is 1.06 bits per heavy atom. The molecule has 2 aromatic carbocycles. The number of nitrogens with one attached hydrogen (secondary N) is 2. The Bertz CT molecular complexity index is 1220. The summed E-state index contributed by atoms with van der Waals surface area (Å²) in [6.45, 7) is 3.52. The first-order valence-electron chi connectivity index (χ1n) is 10.4. The minimum absolute atomic E-state index is 0.0496. The van der Waals surface area contributed by atoms with E-state index in [4.69, 9.17) is 0 Å². The van der Waals surface area contributed by atoms with Crippen molar-refractivity contribution in [2.45, 2.75) is 13.3 Å². The number of aliphatic imine (C=N–C) groups is 1. The minimum Gasteiger partial charge on any atom is -0.340 e. The molecule has 8 heteroatoms. The van der Waals surface area contributed by atoms with Crippen molar-refractivity contribution in [3.05, 3.63) is 77.6 Å². The van der Waals surface area contributed by atoms with E-state index in [1.807, 2.05) is 73.0 Å². The average molecular weight is 443 g/mol. The molecule has 0 spiro atoms. The summed E-state index contributed by atoms with van der Waals surface area (Å²) in [7, 11) is 0. The molecule has 0 aliphatic carbocycles. The largest absolute Gasteiger partial charge is 0.340 e. The third kappa shape index (κ3) is 4.50. The smallest absolute Gasteiger partial charge is 0.230 e. The maximum Gasteiger partial charge on any atom is 0.230 e. The molecule has 1 amide bonds. The molecule has 0 saturated heterocycles. The van der Waals surface area contributed by atoms with Crippen molar-refractivity contribution in [2.24, 2.45) is 4.99 Å². The molecule has 2 aliphatic heterocycles. The average Bonchev–Trinajstić information content (AvgIpc) is 3.39. The second-order valence-corrected chi connectivity index (χ2v) is 8.36. The summed E-state index contributed by atoms with van der Waals surface area (Å²) in [5, 5.41) is 9.33. The maximum atomic E-state index is 12.6. The highest BCUT2D eigenvalue weighted by molar-refractivity contribution is 8.16. The van der Waals surface area contributed by atoms with Gasteiger partial charge >= 0.3 is 0 Å². The first-order valence-corrected chi connectivity index (χ1v) is 11.3. The standard InChI is InChI=1S/C24H22N6OS/c1-16-26-21(17-6-3-2-4-7-17)14-22(27-16)28-18-8-5-9-19(12-18)29-23(31)13-20-15-32-24-25-10-11-30(20)24/h2-9,12,14-15H,10-11,13H2,1H3,(H,29,31)(H,26,27,28). The summed E-state index contributed by atoms with van der Waals surface area (Å²) in [5.41, 5.74) is 4.47. The van der Waals surface area contributed by atoms with Crippen LogP contribution in [0.5, 0.6) is 0 Å². The van der Waals surface area contributed by atoms with Crippen molar-refractivity contribution in [1.82, 2.24) is 14.9 Å². The number of amides is 1. The normalized spacial score (nSPS) is 14.6. The lowest BCUT2D eigenvalue weighted by Gasteiger charge is -2.16. The van der Waals surface area contributed by atoms with Crippen LogP contribution in [0.1, 0.15) is 12.2 Å². The van der Waals surface area contributed by atoms with Gasteiger partial charge < -0.3 is 15.5 Å². The van der Waals surface area contributed by atoms with Crippen molar-refractivity contribution in [1.29, 1.82) is 0 Å². The third-order valence-electron chi connectivity index (χ3n) is 5.12. The number of carbonyl (C=O) groups excluding carboxylic acids is 1. The Morgan fingerprint density at radius 3 is 2.78 bits per heavy atom. The second kappa shape index (κ2) is 8.84. The lowest BCUT2D eigenvalue weighted by Crippen LogP contribution is -2.24. The van der Waals surface area contributed by atoms with Crippen LogP contribution in [0.15, 0.2) is 76.8 Å². The van der Waals surface area contributed by atoms with Gasteiger partial charge in [0, 0.05) is 35.2 Å². The molecular formula is C24H22N6OS. The molecule has 3 heterocycles. The van der Waals surface area contributed by atoms with E-state index in [0.29, 0.717) is 18.1 Å². The maximum absolute atomic E-state index is 12.6. The molecular weight excluding hydrogens is 420 g/mol. The fourth-order valence-corrected chi connectivity index (χ4v) is 4.65. The van der Waals surface area contributed by atoms with E-state index in [9.17, 15) is 4.79 Å². The van der Waals surface area contributed by atoms with Crippen LogP contribution in [-0.4, -0.2) is 39.0 Å². The van der Waals surface area contributed by atoms with Gasteiger partial charge in [0.15, 0.2) is 5.17 Å². The molecule has 0 radical (unpaired) electrons. The van der Waals surface area contributed by atoms with Crippen molar-refractivity contribution in [3.8, 4) is 11.3 Å². The van der Waals surface area contributed by atoms with E-state index in [-0.39, 0.29) is 5.91 Å². The zero-order chi connectivity index (χ0) is 21.9. The molecule has 3 aromatic rings. The number of anilines is 3. The van der Waals surface area contributed by atoms with Crippen LogP contribution in [0.25, 0.3) is 11.3 Å². The van der Waals surface area contributed by atoms with Crippen LogP contribution in [0.2, 0.25) is 0 Å². The van der Waals surface area contributed by atoms with Gasteiger partial charge in [-0.3, -0.25) is 9.79 Å². The lowest BCUT2D eigenvalue weighted by molar-refractivity contribution is -0.115. The van der Waals surface area contributed by atoms with Gasteiger partial charge in [0.1, 0.15) is 11.6 Å². The van der Waals surface area contributed by atoms with E-state index in [0.717, 1.165) is 46.6 Å². The fraction of sp³-hybridized carbons (Fsp3) is 0.167. The number of thioether (sulfide) groups is 1. The van der Waals surface area contributed by atoms with E-state index in [1.165, 1.54) is 0 Å². The molecule has 1 aromatic heterocycles. The zero-order valence-corrected chi connectivity index (χ0v) is 18.4. The molecule has 2 aliphatic rings. The fourth-order valence-electron chi connectivity index (χ4n) is 3.70. The van der Waals surface area contributed by atoms with Crippen molar-refractivity contribution in [2.75, 3.05) is 23.7 Å². The Morgan fingerprint density at radius 2 is 1.91 bits per heavy atom. The van der Waals surface area contributed by atoms with Gasteiger partial charge in [-0.25, -0.2) is 9.97 Å². The molecule has 0 atom stereocenters. The van der Waals surface area contributed by atoms with E-state index >= 15 is 0 Å². The number of fused-ring (bicyclic) bond motifs is 1. The number of aryl methyl sites for hydroxylation is 1. The summed E-state index contributed by atoms with van der Waals surface area (Å²) < 4.78 is 0. The summed E-state index contributed by atoms with van der Waals surface area (Å²) >= 11 is 1.59. The monoisotopic (exact) mass is 442 g/mol. The molecule has 0 fully saturated rings. The molecule has 160 valence electrons. The molecule has 7 nitrogen and oxygen atoms in total. The minimum atomic E-state index is -0.0496. The number of carbonyl (C=O) groups is 1. The molecule has 0 unspecified atom stereocenters. The Hall–Kier alpha value is -3.65. The summed E-state index contributed by atoms with van der Waals surface area (Å²) in [6, 6.07) is 19.6. The van der Waals surface area contributed by atoms with Gasteiger partial charge in [0.2, 0.25) is 5.91 Å². The number of hydrogen-bond donors (Lipinski definition) is 2. The Kier molecular flexibility index (Phi) is 5.60. The van der Waals surface area contributed by atoms with Crippen LogP contribution in [0, 0.1) is 6.92 Å². The van der Waals surface area contributed by atoms with Crippen LogP contribution in [-0.2, 0) is 4.79 Å². The lowest BCUT2D eigenvalue weighted by atomic mass is 10.1. The predicted octanol–water partition coefficient (Wildman–Crippen LogP) is 4.78.